The molecule has 24 heavy (non-hydrogen) atoms. The minimum atomic E-state index is -0.126. The van der Waals surface area contributed by atoms with Crippen molar-refractivity contribution in [3.8, 4) is 11.5 Å². The van der Waals surface area contributed by atoms with Crippen LogP contribution in [0.2, 0.25) is 0 Å². The fraction of sp³-hybridized carbons (Fsp3) is 0.350. The summed E-state index contributed by atoms with van der Waals surface area (Å²) in [5.41, 5.74) is 0.765. The number of hydrogen-bond acceptors (Lipinski definition) is 2. The van der Waals surface area contributed by atoms with Crippen LogP contribution in [0.5, 0.6) is 11.5 Å². The largest absolute Gasteiger partial charge is 0.457 e. The van der Waals surface area contributed by atoms with Crippen molar-refractivity contribution in [3.63, 3.8) is 0 Å². The van der Waals surface area contributed by atoms with Crippen LogP contribution in [0.4, 0.5) is 10.5 Å². The summed E-state index contributed by atoms with van der Waals surface area (Å²) in [5.74, 6) is 1.54. The van der Waals surface area contributed by atoms with E-state index in [1.54, 1.807) is 0 Å². The number of carbonyl (C=O) groups excluding carboxylic acids is 1. The van der Waals surface area contributed by atoms with Gasteiger partial charge < -0.3 is 15.4 Å². The number of rotatable bonds is 4. The summed E-state index contributed by atoms with van der Waals surface area (Å²) in [4.78, 5) is 12.1. The van der Waals surface area contributed by atoms with Gasteiger partial charge in [-0.1, -0.05) is 43.9 Å². The van der Waals surface area contributed by atoms with Gasteiger partial charge in [0.15, 0.2) is 0 Å². The molecule has 4 heteroatoms. The average Bonchev–Trinajstić information content (AvgIpc) is 2.86. The Bertz CT molecular complexity index is 632. The molecule has 0 atom stereocenters. The highest BCUT2D eigenvalue weighted by atomic mass is 16.5. The molecule has 1 fully saturated rings. The van der Waals surface area contributed by atoms with E-state index in [2.05, 4.69) is 10.6 Å². The number of anilines is 1. The van der Waals surface area contributed by atoms with Crippen molar-refractivity contribution in [2.75, 3.05) is 5.32 Å². The van der Waals surface area contributed by atoms with E-state index in [0.717, 1.165) is 30.0 Å². The number of nitrogens with one attached hydrogen (secondary N) is 2. The molecule has 4 nitrogen and oxygen atoms in total. The molecule has 126 valence electrons. The maximum Gasteiger partial charge on any atom is 0.319 e. The van der Waals surface area contributed by atoms with E-state index < -0.39 is 0 Å². The van der Waals surface area contributed by atoms with E-state index in [1.807, 2.05) is 54.6 Å². The number of carbonyl (C=O) groups is 1. The molecule has 0 saturated heterocycles. The molecule has 0 radical (unpaired) electrons. The molecular formula is C20H24N2O2. The molecular weight excluding hydrogens is 300 g/mol. The van der Waals surface area contributed by atoms with Gasteiger partial charge in [-0.05, 0) is 49.2 Å². The Hall–Kier alpha value is -2.49. The van der Waals surface area contributed by atoms with E-state index in [9.17, 15) is 4.79 Å². The van der Waals surface area contributed by atoms with E-state index in [1.165, 1.54) is 25.7 Å². The van der Waals surface area contributed by atoms with Crippen LogP contribution in [0.25, 0.3) is 0 Å². The second kappa shape index (κ2) is 8.39. The van der Waals surface area contributed by atoms with Crippen LogP contribution >= 0.6 is 0 Å². The standard InChI is InChI=1S/C20H24N2O2/c23-20(21-16-8-4-1-2-5-9-16)22-17-12-14-19(15-13-17)24-18-10-6-3-7-11-18/h3,6-7,10-16H,1-2,4-5,8-9H2,(H2,21,22,23). The highest BCUT2D eigenvalue weighted by molar-refractivity contribution is 5.89. The topological polar surface area (TPSA) is 50.4 Å². The lowest BCUT2D eigenvalue weighted by atomic mass is 10.1. The summed E-state index contributed by atoms with van der Waals surface area (Å²) < 4.78 is 5.75. The first-order chi connectivity index (χ1) is 11.8. The fourth-order valence-corrected chi connectivity index (χ4v) is 3.01. The number of ether oxygens (including phenoxy) is 1. The molecule has 2 aromatic rings. The first-order valence-electron chi connectivity index (χ1n) is 8.70. The van der Waals surface area contributed by atoms with Gasteiger partial charge in [0.2, 0.25) is 0 Å². The highest BCUT2D eigenvalue weighted by Gasteiger charge is 2.14. The Morgan fingerprint density at radius 1 is 0.833 bits per heavy atom. The normalized spacial score (nSPS) is 15.3. The second-order valence-electron chi connectivity index (χ2n) is 6.23. The first-order valence-corrected chi connectivity index (χ1v) is 8.70. The Kier molecular flexibility index (Phi) is 5.72. The minimum Gasteiger partial charge on any atom is -0.457 e. The summed E-state index contributed by atoms with van der Waals surface area (Å²) in [6, 6.07) is 17.2. The summed E-state index contributed by atoms with van der Waals surface area (Å²) in [6.45, 7) is 0. The van der Waals surface area contributed by atoms with E-state index >= 15 is 0 Å². The first kappa shape index (κ1) is 16.4. The third-order valence-corrected chi connectivity index (χ3v) is 4.28. The molecule has 1 aliphatic carbocycles. The summed E-state index contributed by atoms with van der Waals surface area (Å²) >= 11 is 0. The zero-order valence-electron chi connectivity index (χ0n) is 13.8. The predicted octanol–water partition coefficient (Wildman–Crippen LogP) is 5.32. The Balaban J connectivity index is 1.51. The quantitative estimate of drug-likeness (QED) is 0.747. The molecule has 0 spiro atoms. The molecule has 0 aliphatic heterocycles. The van der Waals surface area contributed by atoms with Crippen LogP contribution in [0.1, 0.15) is 38.5 Å². The van der Waals surface area contributed by atoms with E-state index in [-0.39, 0.29) is 6.03 Å². The predicted molar refractivity (Wildman–Crippen MR) is 96.6 cm³/mol. The molecule has 2 aromatic carbocycles. The molecule has 1 aliphatic rings. The molecule has 1 saturated carbocycles. The average molecular weight is 324 g/mol. The third-order valence-electron chi connectivity index (χ3n) is 4.28. The van der Waals surface area contributed by atoms with Crippen molar-refractivity contribution in [1.29, 1.82) is 0 Å². The molecule has 0 unspecified atom stereocenters. The van der Waals surface area contributed by atoms with Gasteiger partial charge in [0.1, 0.15) is 11.5 Å². The molecule has 2 amide bonds. The fourth-order valence-electron chi connectivity index (χ4n) is 3.01. The van der Waals surface area contributed by atoms with Gasteiger partial charge >= 0.3 is 6.03 Å². The summed E-state index contributed by atoms with van der Waals surface area (Å²) in [5, 5.41) is 5.98. The highest BCUT2D eigenvalue weighted by Crippen LogP contribution is 2.23. The number of urea groups is 1. The molecule has 0 heterocycles. The number of benzene rings is 2. The van der Waals surface area contributed by atoms with Crippen LogP contribution in [-0.4, -0.2) is 12.1 Å². The van der Waals surface area contributed by atoms with Crippen LogP contribution in [0.3, 0.4) is 0 Å². The Labute approximate surface area is 143 Å². The zero-order valence-corrected chi connectivity index (χ0v) is 13.8. The van der Waals surface area contributed by atoms with Gasteiger partial charge in [-0.2, -0.15) is 0 Å². The van der Waals surface area contributed by atoms with Crippen LogP contribution in [-0.2, 0) is 0 Å². The number of para-hydroxylation sites is 1. The van der Waals surface area contributed by atoms with Gasteiger partial charge in [-0.15, -0.1) is 0 Å². The van der Waals surface area contributed by atoms with Crippen LogP contribution < -0.4 is 15.4 Å². The number of hydrogen-bond donors (Lipinski definition) is 2. The minimum absolute atomic E-state index is 0.126. The van der Waals surface area contributed by atoms with Crippen molar-refractivity contribution in [3.05, 3.63) is 54.6 Å². The lowest BCUT2D eigenvalue weighted by molar-refractivity contribution is 0.247. The van der Waals surface area contributed by atoms with Gasteiger partial charge in [0.05, 0.1) is 0 Å². The van der Waals surface area contributed by atoms with Gasteiger partial charge in [0, 0.05) is 11.7 Å². The summed E-state index contributed by atoms with van der Waals surface area (Å²) in [6.07, 6.45) is 7.13. The van der Waals surface area contributed by atoms with Crippen molar-refractivity contribution in [1.82, 2.24) is 5.32 Å². The lowest BCUT2D eigenvalue weighted by Gasteiger charge is -2.16. The molecule has 3 rings (SSSR count). The SMILES string of the molecule is O=C(Nc1ccc(Oc2ccccc2)cc1)NC1CCCCCC1. The lowest BCUT2D eigenvalue weighted by Crippen LogP contribution is -2.37. The van der Waals surface area contributed by atoms with E-state index in [4.69, 9.17) is 4.74 Å². The van der Waals surface area contributed by atoms with Crippen molar-refractivity contribution in [2.45, 2.75) is 44.6 Å². The smallest absolute Gasteiger partial charge is 0.319 e. The van der Waals surface area contributed by atoms with Crippen molar-refractivity contribution in [2.24, 2.45) is 0 Å². The van der Waals surface area contributed by atoms with Crippen LogP contribution in [0.15, 0.2) is 54.6 Å². The maximum absolute atomic E-state index is 12.1. The second-order valence-corrected chi connectivity index (χ2v) is 6.23. The van der Waals surface area contributed by atoms with Crippen LogP contribution in [0, 0.1) is 0 Å². The third kappa shape index (κ3) is 5.01. The maximum atomic E-state index is 12.1. The Morgan fingerprint density at radius 2 is 1.46 bits per heavy atom. The molecule has 2 N–H and O–H groups in total. The van der Waals surface area contributed by atoms with Gasteiger partial charge in [0.25, 0.3) is 0 Å². The van der Waals surface area contributed by atoms with E-state index in [0.29, 0.717) is 6.04 Å². The van der Waals surface area contributed by atoms with Gasteiger partial charge in [-0.3, -0.25) is 0 Å². The van der Waals surface area contributed by atoms with Crippen molar-refractivity contribution >= 4 is 11.7 Å². The van der Waals surface area contributed by atoms with Crippen molar-refractivity contribution < 1.29 is 9.53 Å². The number of amides is 2. The monoisotopic (exact) mass is 324 g/mol. The Morgan fingerprint density at radius 3 is 2.12 bits per heavy atom. The molecule has 0 aromatic heterocycles. The zero-order chi connectivity index (χ0) is 16.6. The summed E-state index contributed by atoms with van der Waals surface area (Å²) in [7, 11) is 0. The molecule has 0 bridgehead atoms. The van der Waals surface area contributed by atoms with Gasteiger partial charge in [-0.25, -0.2) is 4.79 Å².